The molecule has 0 saturated carbocycles. The third kappa shape index (κ3) is 3.53. The Morgan fingerprint density at radius 2 is 1.00 bits per heavy atom. The highest BCUT2D eigenvalue weighted by molar-refractivity contribution is 6.73. The predicted octanol–water partition coefficient (Wildman–Crippen LogP) is 4.72. The summed E-state index contributed by atoms with van der Waals surface area (Å²) in [6, 6.07) is 10.2. The van der Waals surface area contributed by atoms with Crippen LogP contribution in [0.25, 0.3) is 5.47 Å². The van der Waals surface area contributed by atoms with Crippen molar-refractivity contribution in [1.82, 2.24) is 0 Å². The summed E-state index contributed by atoms with van der Waals surface area (Å²) in [5.74, 6) is 0. The molecule has 0 bridgehead atoms. The average Bonchev–Trinajstić information content (AvgIpc) is 2.88. The first kappa shape index (κ1) is 20.7. The molecule has 3 rings (SSSR count). The quantitative estimate of drug-likeness (QED) is 0.722. The molecule has 0 unspecified atom stereocenters. The molecular formula is C21H32B2O4. The lowest BCUT2D eigenvalue weighted by molar-refractivity contribution is 0.00578. The molecular weight excluding hydrogens is 338 g/mol. The van der Waals surface area contributed by atoms with Gasteiger partial charge in [0.2, 0.25) is 0 Å². The zero-order chi connectivity index (χ0) is 20.3. The van der Waals surface area contributed by atoms with Gasteiger partial charge in [0.25, 0.3) is 0 Å². The normalized spacial score (nSPS) is 26.3. The molecule has 146 valence electrons. The predicted molar refractivity (Wildman–Crippen MR) is 111 cm³/mol. The summed E-state index contributed by atoms with van der Waals surface area (Å²) in [7, 11) is -0.916. The lowest BCUT2D eigenvalue weighted by Gasteiger charge is -2.32. The minimum atomic E-state index is -0.476. The van der Waals surface area contributed by atoms with Crippen molar-refractivity contribution < 1.29 is 18.6 Å². The summed E-state index contributed by atoms with van der Waals surface area (Å²) in [4.78, 5) is 0. The van der Waals surface area contributed by atoms with Crippen molar-refractivity contribution in [3.63, 3.8) is 0 Å². The zero-order valence-electron chi connectivity index (χ0n) is 18.2. The maximum absolute atomic E-state index is 6.37. The van der Waals surface area contributed by atoms with Gasteiger partial charge in [-0.1, -0.05) is 30.3 Å². The molecule has 6 heteroatoms. The standard InChI is InChI=1S/C21H32B2O4/c1-15(22-24-18(2,3)19(4,5)25-22)17(16-13-11-10-12-14-16)23-26-20(6,7)21(8,9)27-23/h10-14H,1-9H3/b17-15-. The summed E-state index contributed by atoms with van der Waals surface area (Å²) in [6.45, 7) is 18.6. The van der Waals surface area contributed by atoms with Crippen LogP contribution in [0.1, 0.15) is 67.9 Å². The molecule has 0 aliphatic carbocycles. The maximum Gasteiger partial charge on any atom is 0.494 e. The smallest absolute Gasteiger partial charge is 0.400 e. The van der Waals surface area contributed by atoms with Gasteiger partial charge in [-0.25, -0.2) is 0 Å². The molecule has 1 aromatic carbocycles. The van der Waals surface area contributed by atoms with E-state index in [0.29, 0.717) is 0 Å². The Morgan fingerprint density at radius 3 is 1.41 bits per heavy atom. The van der Waals surface area contributed by atoms with Crippen molar-refractivity contribution in [2.45, 2.75) is 84.7 Å². The van der Waals surface area contributed by atoms with Gasteiger partial charge in [-0.05, 0) is 78.8 Å². The summed E-state index contributed by atoms with van der Waals surface area (Å²) in [5, 5.41) is 0. The highest BCUT2D eigenvalue weighted by Crippen LogP contribution is 2.44. The van der Waals surface area contributed by atoms with Crippen LogP contribution in [0.3, 0.4) is 0 Å². The summed E-state index contributed by atoms with van der Waals surface area (Å²) in [6.07, 6.45) is 0. The fraction of sp³-hybridized carbons (Fsp3) is 0.619. The van der Waals surface area contributed by atoms with E-state index >= 15 is 0 Å². The molecule has 4 nitrogen and oxygen atoms in total. The Labute approximate surface area is 164 Å². The molecule has 2 heterocycles. The molecule has 2 aliphatic rings. The van der Waals surface area contributed by atoms with Gasteiger partial charge in [-0.3, -0.25) is 0 Å². The van der Waals surface area contributed by atoms with Crippen LogP contribution in [0, 0.1) is 0 Å². The summed E-state index contributed by atoms with van der Waals surface area (Å²) < 4.78 is 25.3. The van der Waals surface area contributed by atoms with Crippen LogP contribution in [0.15, 0.2) is 35.8 Å². The van der Waals surface area contributed by atoms with Crippen molar-refractivity contribution in [2.24, 2.45) is 0 Å². The third-order valence-corrected chi connectivity index (χ3v) is 6.61. The third-order valence-electron chi connectivity index (χ3n) is 6.61. The Kier molecular flexibility index (Phi) is 4.96. The fourth-order valence-electron chi connectivity index (χ4n) is 3.28. The molecule has 2 fully saturated rings. The monoisotopic (exact) mass is 370 g/mol. The minimum Gasteiger partial charge on any atom is -0.400 e. The largest absolute Gasteiger partial charge is 0.494 e. The van der Waals surface area contributed by atoms with Gasteiger partial charge in [0.15, 0.2) is 0 Å². The molecule has 0 radical (unpaired) electrons. The van der Waals surface area contributed by atoms with E-state index in [-0.39, 0.29) is 0 Å². The number of rotatable bonds is 3. The van der Waals surface area contributed by atoms with Gasteiger partial charge < -0.3 is 18.6 Å². The Balaban J connectivity index is 2.05. The zero-order valence-corrected chi connectivity index (χ0v) is 18.2. The van der Waals surface area contributed by atoms with E-state index in [1.807, 2.05) is 18.2 Å². The molecule has 2 aliphatic heterocycles. The Bertz CT molecular complexity index is 706. The molecule has 0 aromatic heterocycles. The van der Waals surface area contributed by atoms with E-state index in [9.17, 15) is 0 Å². The van der Waals surface area contributed by atoms with E-state index in [0.717, 1.165) is 16.5 Å². The molecule has 2 saturated heterocycles. The Hall–Kier alpha value is -1.07. The molecule has 0 atom stereocenters. The first-order valence-electron chi connectivity index (χ1n) is 9.75. The lowest BCUT2D eigenvalue weighted by Crippen LogP contribution is -2.41. The fourth-order valence-corrected chi connectivity index (χ4v) is 3.28. The van der Waals surface area contributed by atoms with Crippen molar-refractivity contribution in [2.75, 3.05) is 0 Å². The first-order valence-corrected chi connectivity index (χ1v) is 9.75. The number of hydrogen-bond acceptors (Lipinski definition) is 4. The van der Waals surface area contributed by atoms with Crippen molar-refractivity contribution >= 4 is 19.7 Å². The van der Waals surface area contributed by atoms with Gasteiger partial charge in [-0.2, -0.15) is 0 Å². The van der Waals surface area contributed by atoms with Crippen LogP contribution in [-0.4, -0.2) is 36.6 Å². The second kappa shape index (κ2) is 6.48. The van der Waals surface area contributed by atoms with E-state index in [2.05, 4.69) is 74.4 Å². The van der Waals surface area contributed by atoms with Crippen LogP contribution in [-0.2, 0) is 18.6 Å². The van der Waals surface area contributed by atoms with Crippen LogP contribution in [0.2, 0.25) is 0 Å². The summed E-state index contributed by atoms with van der Waals surface area (Å²) >= 11 is 0. The van der Waals surface area contributed by atoms with Gasteiger partial charge in [0.05, 0.1) is 22.4 Å². The lowest BCUT2D eigenvalue weighted by atomic mass is 9.63. The molecule has 1 aromatic rings. The average molecular weight is 370 g/mol. The molecule has 0 spiro atoms. The number of hydrogen-bond donors (Lipinski definition) is 0. The van der Waals surface area contributed by atoms with E-state index in [1.165, 1.54) is 0 Å². The molecule has 27 heavy (non-hydrogen) atoms. The van der Waals surface area contributed by atoms with Crippen molar-refractivity contribution in [3.05, 3.63) is 41.4 Å². The van der Waals surface area contributed by atoms with Gasteiger partial charge in [0.1, 0.15) is 0 Å². The number of allylic oxidation sites excluding steroid dienone is 1. The van der Waals surface area contributed by atoms with Crippen molar-refractivity contribution in [3.8, 4) is 0 Å². The van der Waals surface area contributed by atoms with E-state index in [1.54, 1.807) is 0 Å². The number of benzene rings is 1. The SMILES string of the molecule is C/C(B1OC(C)(C)C(C)(C)O1)=C(/B1OC(C)(C)C(C)(C)O1)c1ccccc1. The molecule has 0 N–H and O–H groups in total. The van der Waals surface area contributed by atoms with Gasteiger partial charge >= 0.3 is 14.2 Å². The molecule has 0 amide bonds. The Morgan fingerprint density at radius 1 is 0.630 bits per heavy atom. The second-order valence-electron chi connectivity index (χ2n) is 9.64. The first-order chi connectivity index (χ1) is 12.3. The van der Waals surface area contributed by atoms with Crippen LogP contribution >= 0.6 is 0 Å². The van der Waals surface area contributed by atoms with Crippen LogP contribution in [0.4, 0.5) is 0 Å². The minimum absolute atomic E-state index is 0.392. The highest BCUT2D eigenvalue weighted by Gasteiger charge is 2.56. The summed E-state index contributed by atoms with van der Waals surface area (Å²) in [5.41, 5.74) is 1.42. The topological polar surface area (TPSA) is 36.9 Å². The second-order valence-corrected chi connectivity index (χ2v) is 9.64. The van der Waals surface area contributed by atoms with Crippen LogP contribution in [0.5, 0.6) is 0 Å². The maximum atomic E-state index is 6.37. The van der Waals surface area contributed by atoms with Gasteiger partial charge in [-0.15, -0.1) is 0 Å². The van der Waals surface area contributed by atoms with E-state index < -0.39 is 36.6 Å². The van der Waals surface area contributed by atoms with Gasteiger partial charge in [0, 0.05) is 0 Å². The van der Waals surface area contributed by atoms with Crippen LogP contribution < -0.4 is 0 Å². The van der Waals surface area contributed by atoms with E-state index in [4.69, 9.17) is 18.6 Å². The van der Waals surface area contributed by atoms with Crippen molar-refractivity contribution in [1.29, 1.82) is 0 Å². The highest BCUT2D eigenvalue weighted by atomic mass is 16.7.